The van der Waals surface area contributed by atoms with Crippen molar-refractivity contribution in [2.24, 2.45) is 5.92 Å². The molecular formula is C13H23N3O. The summed E-state index contributed by atoms with van der Waals surface area (Å²) in [6.07, 6.45) is 6.41. The molecule has 0 radical (unpaired) electrons. The highest BCUT2D eigenvalue weighted by Gasteiger charge is 2.20. The molecule has 1 aliphatic rings. The highest BCUT2D eigenvalue weighted by Crippen LogP contribution is 2.30. The molecule has 1 saturated carbocycles. The van der Waals surface area contributed by atoms with Crippen molar-refractivity contribution >= 4 is 0 Å². The van der Waals surface area contributed by atoms with Gasteiger partial charge in [-0.1, -0.05) is 38.3 Å². The second kappa shape index (κ2) is 6.15. The molecule has 1 heterocycles. The van der Waals surface area contributed by atoms with Crippen molar-refractivity contribution in [2.75, 3.05) is 6.54 Å². The van der Waals surface area contributed by atoms with Crippen LogP contribution in [0, 0.1) is 5.92 Å². The van der Waals surface area contributed by atoms with Gasteiger partial charge in [0, 0.05) is 5.92 Å². The normalized spacial score (nSPS) is 17.8. The lowest BCUT2D eigenvalue weighted by Gasteiger charge is -2.17. The van der Waals surface area contributed by atoms with Gasteiger partial charge in [-0.15, -0.1) is 0 Å². The Bertz CT molecular complexity index is 329. The van der Waals surface area contributed by atoms with E-state index < -0.39 is 0 Å². The summed E-state index contributed by atoms with van der Waals surface area (Å²) < 4.78 is 5.28. The summed E-state index contributed by atoms with van der Waals surface area (Å²) in [6.45, 7) is 6.06. The van der Waals surface area contributed by atoms with E-state index in [1.807, 2.05) is 0 Å². The highest BCUT2D eigenvalue weighted by atomic mass is 16.5. The monoisotopic (exact) mass is 237 g/mol. The molecule has 0 atom stereocenters. The molecule has 2 rings (SSSR count). The number of aromatic nitrogens is 2. The van der Waals surface area contributed by atoms with Gasteiger partial charge in [-0.05, 0) is 25.3 Å². The largest absolute Gasteiger partial charge is 0.338 e. The molecule has 96 valence electrons. The summed E-state index contributed by atoms with van der Waals surface area (Å²) in [7, 11) is 0. The predicted molar refractivity (Wildman–Crippen MR) is 66.7 cm³/mol. The standard InChI is InChI=1S/C13H23N3O/c1-10(2)8-14-9-12-15-13(16-17-12)11-6-4-3-5-7-11/h10-11,14H,3-9H2,1-2H3. The van der Waals surface area contributed by atoms with E-state index in [1.54, 1.807) is 0 Å². The fourth-order valence-electron chi connectivity index (χ4n) is 2.33. The average molecular weight is 237 g/mol. The summed E-state index contributed by atoms with van der Waals surface area (Å²) in [5.41, 5.74) is 0. The Morgan fingerprint density at radius 1 is 1.29 bits per heavy atom. The quantitative estimate of drug-likeness (QED) is 0.855. The van der Waals surface area contributed by atoms with Crippen molar-refractivity contribution in [3.63, 3.8) is 0 Å². The van der Waals surface area contributed by atoms with Gasteiger partial charge in [0.1, 0.15) is 0 Å². The topological polar surface area (TPSA) is 51.0 Å². The van der Waals surface area contributed by atoms with Crippen molar-refractivity contribution < 1.29 is 4.52 Å². The van der Waals surface area contributed by atoms with Crippen LogP contribution in [0.5, 0.6) is 0 Å². The fourth-order valence-corrected chi connectivity index (χ4v) is 2.33. The molecule has 0 aromatic carbocycles. The Labute approximate surface area is 103 Å². The molecule has 1 N–H and O–H groups in total. The molecule has 0 amide bonds. The Morgan fingerprint density at radius 2 is 2.06 bits per heavy atom. The van der Waals surface area contributed by atoms with Crippen molar-refractivity contribution in [1.82, 2.24) is 15.5 Å². The maximum Gasteiger partial charge on any atom is 0.240 e. The van der Waals surface area contributed by atoms with Crippen molar-refractivity contribution in [3.8, 4) is 0 Å². The molecule has 1 aromatic rings. The first kappa shape index (κ1) is 12.6. The predicted octanol–water partition coefficient (Wildman–Crippen LogP) is 2.86. The molecule has 4 heteroatoms. The molecule has 0 saturated heterocycles. The molecule has 1 aliphatic carbocycles. The molecular weight excluding hydrogens is 214 g/mol. The number of hydrogen-bond donors (Lipinski definition) is 1. The molecule has 1 aromatic heterocycles. The summed E-state index contributed by atoms with van der Waals surface area (Å²) in [4.78, 5) is 4.49. The van der Waals surface area contributed by atoms with E-state index in [2.05, 4.69) is 29.3 Å². The second-order valence-electron chi connectivity index (χ2n) is 5.41. The Balaban J connectivity index is 1.82. The van der Waals surface area contributed by atoms with Gasteiger partial charge in [-0.2, -0.15) is 4.98 Å². The van der Waals surface area contributed by atoms with Gasteiger partial charge in [-0.3, -0.25) is 0 Å². The molecule has 4 nitrogen and oxygen atoms in total. The fraction of sp³-hybridized carbons (Fsp3) is 0.846. The van der Waals surface area contributed by atoms with Crippen LogP contribution in [0.2, 0.25) is 0 Å². The zero-order valence-electron chi connectivity index (χ0n) is 10.9. The lowest BCUT2D eigenvalue weighted by molar-refractivity contribution is 0.348. The van der Waals surface area contributed by atoms with Gasteiger partial charge in [0.15, 0.2) is 5.82 Å². The first-order valence-electron chi connectivity index (χ1n) is 6.79. The van der Waals surface area contributed by atoms with Crippen LogP contribution < -0.4 is 5.32 Å². The van der Waals surface area contributed by atoms with Crippen LogP contribution in [0.3, 0.4) is 0 Å². The third-order valence-electron chi connectivity index (χ3n) is 3.28. The van der Waals surface area contributed by atoms with Crippen molar-refractivity contribution in [2.45, 2.75) is 58.4 Å². The van der Waals surface area contributed by atoms with Gasteiger partial charge in [0.05, 0.1) is 6.54 Å². The van der Waals surface area contributed by atoms with Crippen LogP contribution >= 0.6 is 0 Å². The van der Waals surface area contributed by atoms with Crippen LogP contribution in [-0.2, 0) is 6.54 Å². The van der Waals surface area contributed by atoms with Crippen molar-refractivity contribution in [3.05, 3.63) is 11.7 Å². The van der Waals surface area contributed by atoms with Gasteiger partial charge in [0.25, 0.3) is 0 Å². The lowest BCUT2D eigenvalue weighted by atomic mass is 9.89. The maximum absolute atomic E-state index is 5.28. The highest BCUT2D eigenvalue weighted by molar-refractivity contribution is 4.96. The van der Waals surface area contributed by atoms with Crippen LogP contribution in [0.4, 0.5) is 0 Å². The number of nitrogens with zero attached hydrogens (tertiary/aromatic N) is 2. The van der Waals surface area contributed by atoms with Crippen LogP contribution in [0.1, 0.15) is 63.6 Å². The smallest absolute Gasteiger partial charge is 0.240 e. The first-order chi connectivity index (χ1) is 8.25. The van der Waals surface area contributed by atoms with Crippen molar-refractivity contribution in [1.29, 1.82) is 0 Å². The second-order valence-corrected chi connectivity index (χ2v) is 5.41. The van der Waals surface area contributed by atoms with Gasteiger partial charge in [0.2, 0.25) is 5.89 Å². The van der Waals surface area contributed by atoms with Crippen LogP contribution in [0.15, 0.2) is 4.52 Å². The minimum atomic E-state index is 0.534. The number of hydrogen-bond acceptors (Lipinski definition) is 4. The summed E-state index contributed by atoms with van der Waals surface area (Å²) in [5.74, 6) is 2.83. The number of rotatable bonds is 5. The summed E-state index contributed by atoms with van der Waals surface area (Å²) in [5, 5.41) is 7.43. The Kier molecular flexibility index (Phi) is 4.54. The first-order valence-corrected chi connectivity index (χ1v) is 6.79. The zero-order chi connectivity index (χ0) is 12.1. The van der Waals surface area contributed by atoms with E-state index in [1.165, 1.54) is 32.1 Å². The lowest BCUT2D eigenvalue weighted by Crippen LogP contribution is -2.19. The third kappa shape index (κ3) is 3.80. The molecule has 1 fully saturated rings. The van der Waals surface area contributed by atoms with Crippen LogP contribution in [-0.4, -0.2) is 16.7 Å². The van der Waals surface area contributed by atoms with E-state index >= 15 is 0 Å². The molecule has 0 spiro atoms. The SMILES string of the molecule is CC(C)CNCc1nc(C2CCCCC2)no1. The van der Waals surface area contributed by atoms with E-state index in [0.717, 1.165) is 18.3 Å². The van der Waals surface area contributed by atoms with E-state index in [4.69, 9.17) is 4.52 Å². The minimum absolute atomic E-state index is 0.534. The molecule has 0 aliphatic heterocycles. The van der Waals surface area contributed by atoms with Gasteiger partial charge >= 0.3 is 0 Å². The Morgan fingerprint density at radius 3 is 2.76 bits per heavy atom. The third-order valence-corrected chi connectivity index (χ3v) is 3.28. The summed E-state index contributed by atoms with van der Waals surface area (Å²) in [6, 6.07) is 0. The van der Waals surface area contributed by atoms with E-state index in [9.17, 15) is 0 Å². The molecule has 17 heavy (non-hydrogen) atoms. The summed E-state index contributed by atoms with van der Waals surface area (Å²) >= 11 is 0. The van der Waals surface area contributed by atoms with Crippen LogP contribution in [0.25, 0.3) is 0 Å². The Hall–Kier alpha value is -0.900. The maximum atomic E-state index is 5.28. The minimum Gasteiger partial charge on any atom is -0.338 e. The molecule has 0 unspecified atom stereocenters. The van der Waals surface area contributed by atoms with E-state index in [-0.39, 0.29) is 0 Å². The molecule has 0 bridgehead atoms. The van der Waals surface area contributed by atoms with Gasteiger partial charge < -0.3 is 9.84 Å². The van der Waals surface area contributed by atoms with E-state index in [0.29, 0.717) is 18.4 Å². The number of nitrogens with one attached hydrogen (secondary N) is 1. The zero-order valence-corrected chi connectivity index (χ0v) is 10.9. The van der Waals surface area contributed by atoms with Gasteiger partial charge in [-0.25, -0.2) is 0 Å². The average Bonchev–Trinajstić information content (AvgIpc) is 2.78.